The van der Waals surface area contributed by atoms with Gasteiger partial charge in [-0.2, -0.15) is 0 Å². The van der Waals surface area contributed by atoms with Crippen LogP contribution >= 0.6 is 0 Å². The fraction of sp³-hybridized carbons (Fsp3) is 0.647. The van der Waals surface area contributed by atoms with E-state index in [1.807, 2.05) is 0 Å². The highest BCUT2D eigenvalue weighted by Gasteiger charge is 2.26. The summed E-state index contributed by atoms with van der Waals surface area (Å²) in [5.74, 6) is 0.663. The number of fused-ring (bicyclic) bond motifs is 1. The molecule has 2 heteroatoms. The highest BCUT2D eigenvalue weighted by atomic mass is 15.1. The molecule has 1 aliphatic rings. The third-order valence-electron chi connectivity index (χ3n) is 4.16. The van der Waals surface area contributed by atoms with Crippen molar-refractivity contribution in [1.29, 1.82) is 0 Å². The molecule has 0 saturated heterocycles. The van der Waals surface area contributed by atoms with Crippen molar-refractivity contribution in [2.24, 2.45) is 5.92 Å². The zero-order valence-electron chi connectivity index (χ0n) is 13.0. The van der Waals surface area contributed by atoms with E-state index >= 15 is 0 Å². The molecular weight excluding hydrogens is 232 g/mol. The van der Waals surface area contributed by atoms with Crippen LogP contribution in [0.3, 0.4) is 0 Å². The highest BCUT2D eigenvalue weighted by Crippen LogP contribution is 2.32. The van der Waals surface area contributed by atoms with Crippen LogP contribution in [0, 0.1) is 12.8 Å². The van der Waals surface area contributed by atoms with Crippen LogP contribution in [0.4, 0.5) is 0 Å². The molecule has 0 bridgehead atoms. The first kappa shape index (κ1) is 14.5. The Balaban J connectivity index is 2.10. The van der Waals surface area contributed by atoms with Crippen molar-refractivity contribution in [2.45, 2.75) is 45.7 Å². The highest BCUT2D eigenvalue weighted by molar-refractivity contribution is 5.37. The Bertz CT molecular complexity index is 423. The molecule has 0 radical (unpaired) electrons. The Morgan fingerprint density at radius 3 is 2.68 bits per heavy atom. The predicted octanol–water partition coefficient (Wildman–Crippen LogP) is 3.16. The Morgan fingerprint density at radius 1 is 1.32 bits per heavy atom. The van der Waals surface area contributed by atoms with Gasteiger partial charge in [0.25, 0.3) is 0 Å². The lowest BCUT2D eigenvalue weighted by Crippen LogP contribution is -2.43. The lowest BCUT2D eigenvalue weighted by molar-refractivity contribution is 0.268. The van der Waals surface area contributed by atoms with Gasteiger partial charge in [0.1, 0.15) is 0 Å². The van der Waals surface area contributed by atoms with Gasteiger partial charge in [-0.15, -0.1) is 0 Å². The molecule has 0 aliphatic heterocycles. The van der Waals surface area contributed by atoms with E-state index in [1.54, 1.807) is 0 Å². The third-order valence-corrected chi connectivity index (χ3v) is 4.16. The molecule has 0 fully saturated rings. The van der Waals surface area contributed by atoms with Gasteiger partial charge in [0, 0.05) is 18.6 Å². The molecule has 19 heavy (non-hydrogen) atoms. The summed E-state index contributed by atoms with van der Waals surface area (Å²) in [6.45, 7) is 7.92. The molecule has 2 rings (SSSR count). The minimum Gasteiger partial charge on any atom is -0.308 e. The Morgan fingerprint density at radius 2 is 2.05 bits per heavy atom. The average Bonchev–Trinajstić information content (AvgIpc) is 2.70. The van der Waals surface area contributed by atoms with E-state index in [9.17, 15) is 0 Å². The van der Waals surface area contributed by atoms with Crippen molar-refractivity contribution in [3.63, 3.8) is 0 Å². The molecule has 1 aromatic carbocycles. The van der Waals surface area contributed by atoms with Gasteiger partial charge in [0.15, 0.2) is 0 Å². The van der Waals surface area contributed by atoms with Gasteiger partial charge in [-0.1, -0.05) is 37.6 Å². The maximum absolute atomic E-state index is 3.89. The molecule has 0 heterocycles. The standard InChI is InChI=1S/C17H28N2/c1-12(2)17(11-19(4)5)18-16-9-8-14-7-6-13(3)10-15(14)16/h6-7,10,12,16-18H,8-9,11H2,1-5H3. The molecule has 106 valence electrons. The van der Waals surface area contributed by atoms with Crippen LogP contribution in [0.2, 0.25) is 0 Å². The van der Waals surface area contributed by atoms with Gasteiger partial charge in [0.05, 0.1) is 0 Å². The third kappa shape index (κ3) is 3.58. The normalized spacial score (nSPS) is 20.1. The number of aryl methyl sites for hydroxylation is 2. The molecule has 1 N–H and O–H groups in total. The molecule has 1 aliphatic carbocycles. The van der Waals surface area contributed by atoms with E-state index < -0.39 is 0 Å². The largest absolute Gasteiger partial charge is 0.308 e. The first-order valence-electron chi connectivity index (χ1n) is 7.47. The number of likely N-dealkylation sites (N-methyl/N-ethyl adjacent to an activating group) is 1. The topological polar surface area (TPSA) is 15.3 Å². The Labute approximate surface area is 118 Å². The average molecular weight is 260 g/mol. The van der Waals surface area contributed by atoms with Crippen molar-refractivity contribution in [2.75, 3.05) is 20.6 Å². The van der Waals surface area contributed by atoms with Crippen molar-refractivity contribution >= 4 is 0 Å². The van der Waals surface area contributed by atoms with E-state index in [0.717, 1.165) is 6.54 Å². The van der Waals surface area contributed by atoms with Crippen LogP contribution in [-0.4, -0.2) is 31.6 Å². The van der Waals surface area contributed by atoms with Crippen molar-refractivity contribution in [3.05, 3.63) is 34.9 Å². The summed E-state index contributed by atoms with van der Waals surface area (Å²) in [6.07, 6.45) is 2.47. The second-order valence-electron chi connectivity index (χ2n) is 6.57. The number of nitrogens with zero attached hydrogens (tertiary/aromatic N) is 1. The molecular formula is C17H28N2. The predicted molar refractivity (Wildman–Crippen MR) is 82.6 cm³/mol. The number of benzene rings is 1. The number of hydrogen-bond acceptors (Lipinski definition) is 2. The smallest absolute Gasteiger partial charge is 0.0329 e. The van der Waals surface area contributed by atoms with E-state index in [1.165, 1.54) is 29.5 Å². The summed E-state index contributed by atoms with van der Waals surface area (Å²) in [4.78, 5) is 2.28. The first-order chi connectivity index (χ1) is 8.97. The fourth-order valence-corrected chi connectivity index (χ4v) is 3.00. The summed E-state index contributed by atoms with van der Waals surface area (Å²) in [5, 5.41) is 3.89. The van der Waals surface area contributed by atoms with Gasteiger partial charge >= 0.3 is 0 Å². The summed E-state index contributed by atoms with van der Waals surface area (Å²) in [6, 6.07) is 8.02. The van der Waals surface area contributed by atoms with Crippen LogP contribution in [0.15, 0.2) is 18.2 Å². The van der Waals surface area contributed by atoms with Gasteiger partial charge in [-0.25, -0.2) is 0 Å². The molecule has 0 spiro atoms. The Hall–Kier alpha value is -0.860. The second kappa shape index (κ2) is 6.06. The number of nitrogens with one attached hydrogen (secondary N) is 1. The first-order valence-corrected chi connectivity index (χ1v) is 7.47. The lowest BCUT2D eigenvalue weighted by Gasteiger charge is -2.29. The van der Waals surface area contributed by atoms with Crippen LogP contribution < -0.4 is 5.32 Å². The van der Waals surface area contributed by atoms with Crippen LogP contribution in [0.25, 0.3) is 0 Å². The molecule has 2 unspecified atom stereocenters. The van der Waals surface area contributed by atoms with Gasteiger partial charge in [0.2, 0.25) is 0 Å². The molecule has 0 saturated carbocycles. The van der Waals surface area contributed by atoms with E-state index in [0.29, 0.717) is 18.0 Å². The van der Waals surface area contributed by atoms with E-state index in [2.05, 4.69) is 63.3 Å². The summed E-state index contributed by atoms with van der Waals surface area (Å²) in [5.41, 5.74) is 4.45. The monoisotopic (exact) mass is 260 g/mol. The summed E-state index contributed by atoms with van der Waals surface area (Å²) >= 11 is 0. The van der Waals surface area contributed by atoms with Crippen molar-refractivity contribution < 1.29 is 0 Å². The SMILES string of the molecule is Cc1ccc2c(c1)C(NC(CN(C)C)C(C)C)CC2. The Kier molecular flexibility index (Phi) is 4.64. The van der Waals surface area contributed by atoms with Gasteiger partial charge in [-0.05, 0) is 50.9 Å². The molecule has 2 nitrogen and oxygen atoms in total. The summed E-state index contributed by atoms with van der Waals surface area (Å²) in [7, 11) is 4.31. The summed E-state index contributed by atoms with van der Waals surface area (Å²) < 4.78 is 0. The van der Waals surface area contributed by atoms with Crippen LogP contribution in [-0.2, 0) is 6.42 Å². The zero-order valence-corrected chi connectivity index (χ0v) is 13.0. The second-order valence-corrected chi connectivity index (χ2v) is 6.57. The lowest BCUT2D eigenvalue weighted by atomic mass is 10.00. The number of hydrogen-bond donors (Lipinski definition) is 1. The molecule has 0 amide bonds. The van der Waals surface area contributed by atoms with E-state index in [4.69, 9.17) is 0 Å². The maximum Gasteiger partial charge on any atom is 0.0329 e. The molecule has 0 aromatic heterocycles. The maximum atomic E-state index is 3.89. The van der Waals surface area contributed by atoms with Crippen molar-refractivity contribution in [3.8, 4) is 0 Å². The molecule has 1 aromatic rings. The minimum absolute atomic E-state index is 0.544. The van der Waals surface area contributed by atoms with Gasteiger partial charge in [-0.3, -0.25) is 0 Å². The molecule has 2 atom stereocenters. The van der Waals surface area contributed by atoms with Crippen molar-refractivity contribution in [1.82, 2.24) is 10.2 Å². The quantitative estimate of drug-likeness (QED) is 0.875. The minimum atomic E-state index is 0.544. The fourth-order valence-electron chi connectivity index (χ4n) is 3.00. The van der Waals surface area contributed by atoms with Crippen LogP contribution in [0.5, 0.6) is 0 Å². The van der Waals surface area contributed by atoms with Gasteiger partial charge < -0.3 is 10.2 Å². The van der Waals surface area contributed by atoms with Crippen LogP contribution in [0.1, 0.15) is 43.0 Å². The number of rotatable bonds is 5. The van der Waals surface area contributed by atoms with E-state index in [-0.39, 0.29) is 0 Å². The zero-order chi connectivity index (χ0) is 14.0.